The van der Waals surface area contributed by atoms with E-state index in [4.69, 9.17) is 15.9 Å². The average molecular weight is 361 g/mol. The van der Waals surface area contributed by atoms with Gasteiger partial charge in [-0.3, -0.25) is 14.4 Å². The molecule has 10 nitrogen and oxygen atoms in total. The number of aliphatic hydroxyl groups excluding tert-OH is 1. The van der Waals surface area contributed by atoms with E-state index in [0.717, 1.165) is 0 Å². The molecule has 2 amide bonds. The molecule has 0 saturated carbocycles. The maximum absolute atomic E-state index is 12.3. The summed E-state index contributed by atoms with van der Waals surface area (Å²) in [6, 6.07) is -3.67. The van der Waals surface area contributed by atoms with Crippen molar-refractivity contribution in [1.29, 1.82) is 0 Å². The van der Waals surface area contributed by atoms with Gasteiger partial charge in [-0.2, -0.15) is 0 Å². The molecular weight excluding hydrogens is 334 g/mol. The Labute approximate surface area is 145 Å². The third kappa shape index (κ3) is 9.01. The van der Waals surface area contributed by atoms with Crippen LogP contribution >= 0.6 is 0 Å². The molecule has 0 aliphatic rings. The standard InChI is InChI=1S/C15H27N3O7/c1-7(2)6-10(14(23)18-12(8(3)19)15(24)25)17-13(22)9(16)4-5-11(20)21/h7-10,12,19H,4-6,16H2,1-3H3,(H,17,22)(H,18,23)(H,20,21)(H,24,25). The SMILES string of the molecule is CC(C)CC(NC(=O)C(N)CCC(=O)O)C(=O)NC(C(=O)O)C(C)O. The lowest BCUT2D eigenvalue weighted by atomic mass is 10.0. The minimum atomic E-state index is -1.51. The molecule has 0 rings (SSSR count). The van der Waals surface area contributed by atoms with Crippen LogP contribution in [-0.4, -0.2) is 63.3 Å². The summed E-state index contributed by atoms with van der Waals surface area (Å²) >= 11 is 0. The van der Waals surface area contributed by atoms with E-state index in [9.17, 15) is 24.3 Å². The van der Waals surface area contributed by atoms with E-state index in [1.807, 2.05) is 0 Å². The maximum Gasteiger partial charge on any atom is 0.328 e. The number of carboxylic acids is 2. The number of rotatable bonds is 11. The van der Waals surface area contributed by atoms with Gasteiger partial charge in [-0.05, 0) is 25.7 Å². The fraction of sp³-hybridized carbons (Fsp3) is 0.733. The first-order valence-electron chi connectivity index (χ1n) is 7.94. The summed E-state index contributed by atoms with van der Waals surface area (Å²) in [4.78, 5) is 45.9. The smallest absolute Gasteiger partial charge is 0.328 e. The zero-order chi connectivity index (χ0) is 19.7. The molecule has 0 radical (unpaired) electrons. The number of aliphatic hydroxyl groups is 1. The number of aliphatic carboxylic acids is 2. The molecule has 0 aliphatic heterocycles. The Balaban J connectivity index is 4.98. The number of carbonyl (C=O) groups is 4. The Hall–Kier alpha value is -2.20. The van der Waals surface area contributed by atoms with Crippen molar-refractivity contribution in [2.45, 2.75) is 64.3 Å². The first-order chi connectivity index (χ1) is 11.5. The van der Waals surface area contributed by atoms with Crippen LogP contribution < -0.4 is 16.4 Å². The van der Waals surface area contributed by atoms with Crippen LogP contribution in [0.5, 0.6) is 0 Å². The summed E-state index contributed by atoms with van der Waals surface area (Å²) in [5, 5.41) is 31.6. The summed E-state index contributed by atoms with van der Waals surface area (Å²) in [6.07, 6.45) is -1.49. The van der Waals surface area contributed by atoms with Crippen molar-refractivity contribution in [2.24, 2.45) is 11.7 Å². The van der Waals surface area contributed by atoms with Crippen LogP contribution in [0.25, 0.3) is 0 Å². The van der Waals surface area contributed by atoms with Crippen LogP contribution in [0.4, 0.5) is 0 Å². The molecule has 4 unspecified atom stereocenters. The highest BCUT2D eigenvalue weighted by Gasteiger charge is 2.30. The monoisotopic (exact) mass is 361 g/mol. The molecule has 10 heteroatoms. The maximum atomic E-state index is 12.3. The van der Waals surface area contributed by atoms with Gasteiger partial charge in [0.2, 0.25) is 11.8 Å². The Morgan fingerprint density at radius 2 is 1.56 bits per heavy atom. The predicted molar refractivity (Wildman–Crippen MR) is 87.5 cm³/mol. The van der Waals surface area contributed by atoms with Crippen LogP contribution in [0.1, 0.15) is 40.0 Å². The number of nitrogens with two attached hydrogens (primary N) is 1. The van der Waals surface area contributed by atoms with E-state index in [1.165, 1.54) is 6.92 Å². The van der Waals surface area contributed by atoms with E-state index in [1.54, 1.807) is 13.8 Å². The quantitative estimate of drug-likeness (QED) is 0.261. The summed E-state index contributed by atoms with van der Waals surface area (Å²) in [5.41, 5.74) is 5.60. The lowest BCUT2D eigenvalue weighted by Crippen LogP contribution is -2.56. The highest BCUT2D eigenvalue weighted by molar-refractivity contribution is 5.92. The van der Waals surface area contributed by atoms with Gasteiger partial charge in [0.15, 0.2) is 6.04 Å². The molecule has 7 N–H and O–H groups in total. The Kier molecular flexibility index (Phi) is 9.69. The molecule has 0 bridgehead atoms. The number of nitrogens with one attached hydrogen (secondary N) is 2. The first kappa shape index (κ1) is 22.8. The number of hydrogen-bond acceptors (Lipinski definition) is 6. The number of carbonyl (C=O) groups excluding carboxylic acids is 2. The normalized spacial score (nSPS) is 15.8. The van der Waals surface area contributed by atoms with Gasteiger partial charge >= 0.3 is 11.9 Å². The summed E-state index contributed by atoms with van der Waals surface area (Å²) in [6.45, 7) is 4.83. The van der Waals surface area contributed by atoms with Gasteiger partial charge in [0.1, 0.15) is 6.04 Å². The van der Waals surface area contributed by atoms with Gasteiger partial charge in [0.25, 0.3) is 0 Å². The molecule has 0 aromatic carbocycles. The molecule has 0 heterocycles. The Morgan fingerprint density at radius 3 is 1.96 bits per heavy atom. The number of carboxylic acid groups (broad SMARTS) is 2. The molecular formula is C15H27N3O7. The molecule has 25 heavy (non-hydrogen) atoms. The van der Waals surface area contributed by atoms with Crippen molar-refractivity contribution in [3.8, 4) is 0 Å². The van der Waals surface area contributed by atoms with Gasteiger partial charge in [0, 0.05) is 6.42 Å². The van der Waals surface area contributed by atoms with Crippen molar-refractivity contribution in [3.05, 3.63) is 0 Å². The fourth-order valence-corrected chi connectivity index (χ4v) is 2.03. The Morgan fingerprint density at radius 1 is 1.00 bits per heavy atom. The zero-order valence-corrected chi connectivity index (χ0v) is 14.6. The second kappa shape index (κ2) is 10.6. The van der Waals surface area contributed by atoms with Crippen LogP contribution in [0.2, 0.25) is 0 Å². The fourth-order valence-electron chi connectivity index (χ4n) is 2.03. The van der Waals surface area contributed by atoms with Crippen molar-refractivity contribution in [3.63, 3.8) is 0 Å². The molecule has 0 spiro atoms. The number of hydrogen-bond donors (Lipinski definition) is 6. The highest BCUT2D eigenvalue weighted by atomic mass is 16.4. The summed E-state index contributed by atoms with van der Waals surface area (Å²) in [7, 11) is 0. The molecule has 0 aliphatic carbocycles. The molecule has 0 aromatic rings. The van der Waals surface area contributed by atoms with E-state index >= 15 is 0 Å². The second-order valence-electron chi connectivity index (χ2n) is 6.29. The zero-order valence-electron chi connectivity index (χ0n) is 14.6. The van der Waals surface area contributed by atoms with Crippen LogP contribution in [-0.2, 0) is 19.2 Å². The first-order valence-corrected chi connectivity index (χ1v) is 7.94. The second-order valence-corrected chi connectivity index (χ2v) is 6.29. The van der Waals surface area contributed by atoms with Gasteiger partial charge < -0.3 is 31.7 Å². The van der Waals surface area contributed by atoms with Gasteiger partial charge in [-0.25, -0.2) is 4.79 Å². The molecule has 0 fully saturated rings. The molecule has 4 atom stereocenters. The van der Waals surface area contributed by atoms with Crippen molar-refractivity contribution in [1.82, 2.24) is 10.6 Å². The largest absolute Gasteiger partial charge is 0.481 e. The lowest BCUT2D eigenvalue weighted by Gasteiger charge is -2.24. The van der Waals surface area contributed by atoms with Crippen LogP contribution in [0.3, 0.4) is 0 Å². The number of amides is 2. The Bertz CT molecular complexity index is 494. The topological polar surface area (TPSA) is 179 Å². The summed E-state index contributed by atoms with van der Waals surface area (Å²) < 4.78 is 0. The minimum Gasteiger partial charge on any atom is -0.481 e. The van der Waals surface area contributed by atoms with E-state index in [0.29, 0.717) is 0 Å². The van der Waals surface area contributed by atoms with Crippen molar-refractivity contribution >= 4 is 23.8 Å². The third-order valence-electron chi connectivity index (χ3n) is 3.39. The average Bonchev–Trinajstić information content (AvgIpc) is 2.47. The molecule has 144 valence electrons. The minimum absolute atomic E-state index is 0.00104. The predicted octanol–water partition coefficient (Wildman–Crippen LogP) is -1.34. The van der Waals surface area contributed by atoms with Crippen molar-refractivity contribution in [2.75, 3.05) is 0 Å². The van der Waals surface area contributed by atoms with Gasteiger partial charge in [-0.1, -0.05) is 13.8 Å². The third-order valence-corrected chi connectivity index (χ3v) is 3.39. The van der Waals surface area contributed by atoms with Gasteiger partial charge in [0.05, 0.1) is 12.1 Å². The van der Waals surface area contributed by atoms with E-state index in [2.05, 4.69) is 10.6 Å². The van der Waals surface area contributed by atoms with E-state index in [-0.39, 0.29) is 25.2 Å². The highest BCUT2D eigenvalue weighted by Crippen LogP contribution is 2.07. The molecule has 0 saturated heterocycles. The van der Waals surface area contributed by atoms with E-state index < -0.39 is 48.0 Å². The summed E-state index contributed by atoms with van der Waals surface area (Å²) in [5.74, 6) is -3.97. The van der Waals surface area contributed by atoms with Crippen LogP contribution in [0, 0.1) is 5.92 Å². The molecule has 0 aromatic heterocycles. The van der Waals surface area contributed by atoms with Crippen molar-refractivity contribution < 1.29 is 34.5 Å². The lowest BCUT2D eigenvalue weighted by molar-refractivity contribution is -0.145. The van der Waals surface area contributed by atoms with Gasteiger partial charge in [-0.15, -0.1) is 0 Å². The van der Waals surface area contributed by atoms with Crippen LogP contribution in [0.15, 0.2) is 0 Å².